The SMILES string of the molecule is CCCCCCCCCCCCCCCCCCCCCCCCCC(O)C(COC1OC(CO)C(OC2OC(CO)C(OC3OC(CO)C(O)C(O)C3O)C(O)C2O)C(O)C1O)NC(=O)CCCCC. The standard InChI is InChI=1S/C52H99NO18/c1-3-5-7-8-9-10-11-12-13-14-15-16-17-18-19-20-21-22-23-24-25-26-28-29-36(57)35(53-40(58)30-27-6-4-2)34-66-50-46(64)43(61)48(38(32-55)68-50)71-52-47(65)44(62)49(39(33-56)69-52)70-51-45(63)42(60)41(59)37(31-54)67-51/h35-39,41-52,54-57,59-65H,3-34H2,1-2H3,(H,53,58). The van der Waals surface area contributed by atoms with Gasteiger partial charge in [-0.15, -0.1) is 0 Å². The number of amides is 1. The zero-order valence-corrected chi connectivity index (χ0v) is 43.2. The van der Waals surface area contributed by atoms with Crippen LogP contribution in [0.15, 0.2) is 0 Å². The van der Waals surface area contributed by atoms with Crippen molar-refractivity contribution in [3.63, 3.8) is 0 Å². The Kier molecular flexibility index (Phi) is 33.9. The van der Waals surface area contributed by atoms with Gasteiger partial charge in [0.15, 0.2) is 18.9 Å². The van der Waals surface area contributed by atoms with Crippen molar-refractivity contribution < 1.29 is 89.4 Å². The van der Waals surface area contributed by atoms with E-state index in [0.717, 1.165) is 38.5 Å². The van der Waals surface area contributed by atoms with Crippen LogP contribution in [0, 0.1) is 0 Å². The predicted octanol–water partition coefficient (Wildman–Crippen LogP) is 3.26. The third kappa shape index (κ3) is 22.9. The molecule has 0 radical (unpaired) electrons. The van der Waals surface area contributed by atoms with Crippen LogP contribution < -0.4 is 5.32 Å². The van der Waals surface area contributed by atoms with E-state index >= 15 is 0 Å². The van der Waals surface area contributed by atoms with Gasteiger partial charge < -0.3 is 89.9 Å². The van der Waals surface area contributed by atoms with E-state index in [1.54, 1.807) is 0 Å². The van der Waals surface area contributed by atoms with Gasteiger partial charge in [0.1, 0.15) is 73.2 Å². The Morgan fingerprint density at radius 2 is 0.803 bits per heavy atom. The maximum absolute atomic E-state index is 12.9. The number of carbonyl (C=O) groups excluding carboxylic acids is 1. The normalized spacial score (nSPS) is 32.2. The van der Waals surface area contributed by atoms with Gasteiger partial charge in [-0.3, -0.25) is 4.79 Å². The number of ether oxygens (including phenoxy) is 6. The number of aliphatic hydroxyl groups excluding tert-OH is 11. The number of nitrogens with one attached hydrogen (secondary N) is 1. The monoisotopic (exact) mass is 1030 g/mol. The summed E-state index contributed by atoms with van der Waals surface area (Å²) in [5.74, 6) is -0.266. The smallest absolute Gasteiger partial charge is 0.220 e. The molecule has 0 aliphatic carbocycles. The molecule has 71 heavy (non-hydrogen) atoms. The summed E-state index contributed by atoms with van der Waals surface area (Å²) >= 11 is 0. The molecule has 17 unspecified atom stereocenters. The molecule has 17 atom stereocenters. The van der Waals surface area contributed by atoms with Gasteiger partial charge in [-0.1, -0.05) is 174 Å². The molecule has 12 N–H and O–H groups in total. The van der Waals surface area contributed by atoms with Crippen molar-refractivity contribution in [2.45, 2.75) is 298 Å². The fourth-order valence-corrected chi connectivity index (χ4v) is 9.78. The summed E-state index contributed by atoms with van der Waals surface area (Å²) in [7, 11) is 0. The minimum absolute atomic E-state index is 0.255. The Morgan fingerprint density at radius 3 is 1.23 bits per heavy atom. The molecular weight excluding hydrogens is 927 g/mol. The van der Waals surface area contributed by atoms with E-state index in [2.05, 4.69) is 12.2 Å². The van der Waals surface area contributed by atoms with Gasteiger partial charge in [-0.2, -0.15) is 0 Å². The second-order valence-electron chi connectivity index (χ2n) is 20.4. The minimum atomic E-state index is -1.97. The van der Waals surface area contributed by atoms with Gasteiger partial charge in [-0.05, 0) is 12.8 Å². The lowest BCUT2D eigenvalue weighted by Gasteiger charge is -2.48. The molecule has 0 spiro atoms. The summed E-state index contributed by atoms with van der Waals surface area (Å²) in [5.41, 5.74) is 0. The molecule has 0 aromatic rings. The molecule has 0 saturated carbocycles. The van der Waals surface area contributed by atoms with E-state index in [1.807, 2.05) is 6.92 Å². The zero-order valence-electron chi connectivity index (χ0n) is 43.2. The third-order valence-corrected chi connectivity index (χ3v) is 14.4. The third-order valence-electron chi connectivity index (χ3n) is 14.4. The predicted molar refractivity (Wildman–Crippen MR) is 264 cm³/mol. The number of aliphatic hydroxyl groups is 11. The summed E-state index contributed by atoms with van der Waals surface area (Å²) in [4.78, 5) is 12.9. The molecule has 0 bridgehead atoms. The fourth-order valence-electron chi connectivity index (χ4n) is 9.78. The molecule has 0 aromatic carbocycles. The van der Waals surface area contributed by atoms with Crippen LogP contribution in [0.5, 0.6) is 0 Å². The van der Waals surface area contributed by atoms with Crippen LogP contribution >= 0.6 is 0 Å². The highest BCUT2D eigenvalue weighted by atomic mass is 16.8. The number of carbonyl (C=O) groups is 1. The second-order valence-corrected chi connectivity index (χ2v) is 20.4. The van der Waals surface area contributed by atoms with Crippen molar-refractivity contribution >= 4 is 5.91 Å². The summed E-state index contributed by atoms with van der Waals surface area (Å²) in [6.45, 7) is 1.60. The molecule has 3 aliphatic heterocycles. The lowest BCUT2D eigenvalue weighted by Crippen LogP contribution is -2.66. The Balaban J connectivity index is 1.39. The molecule has 19 nitrogen and oxygen atoms in total. The average molecular weight is 1030 g/mol. The number of hydrogen-bond acceptors (Lipinski definition) is 18. The minimum Gasteiger partial charge on any atom is -0.394 e. The lowest BCUT2D eigenvalue weighted by molar-refractivity contribution is -0.379. The van der Waals surface area contributed by atoms with Gasteiger partial charge in [-0.25, -0.2) is 0 Å². The Hall–Kier alpha value is -1.21. The van der Waals surface area contributed by atoms with Crippen molar-refractivity contribution in [1.29, 1.82) is 0 Å². The van der Waals surface area contributed by atoms with E-state index in [1.165, 1.54) is 122 Å². The van der Waals surface area contributed by atoms with E-state index in [4.69, 9.17) is 28.4 Å². The van der Waals surface area contributed by atoms with Crippen molar-refractivity contribution in [3.05, 3.63) is 0 Å². The fraction of sp³-hybridized carbons (Fsp3) is 0.981. The molecule has 1 amide bonds. The average Bonchev–Trinajstić information content (AvgIpc) is 3.36. The van der Waals surface area contributed by atoms with Crippen LogP contribution in [0.4, 0.5) is 0 Å². The summed E-state index contributed by atoms with van der Waals surface area (Å²) in [6.07, 6.45) is 6.14. The van der Waals surface area contributed by atoms with Crippen LogP contribution in [0.1, 0.15) is 194 Å². The van der Waals surface area contributed by atoms with Gasteiger partial charge in [0.25, 0.3) is 0 Å². The van der Waals surface area contributed by atoms with Crippen molar-refractivity contribution in [2.75, 3.05) is 26.4 Å². The van der Waals surface area contributed by atoms with E-state index in [0.29, 0.717) is 12.8 Å². The Bertz CT molecular complexity index is 1320. The van der Waals surface area contributed by atoms with E-state index in [9.17, 15) is 61.0 Å². The largest absolute Gasteiger partial charge is 0.394 e. The molecule has 420 valence electrons. The quantitative estimate of drug-likeness (QED) is 0.0392. The number of rotatable bonds is 40. The van der Waals surface area contributed by atoms with Gasteiger partial charge in [0.05, 0.1) is 38.6 Å². The molecule has 3 heterocycles. The van der Waals surface area contributed by atoms with Crippen LogP contribution in [0.25, 0.3) is 0 Å². The van der Waals surface area contributed by atoms with Gasteiger partial charge in [0, 0.05) is 6.42 Å². The molecule has 3 aliphatic rings. The maximum atomic E-state index is 12.9. The molecule has 0 aromatic heterocycles. The summed E-state index contributed by atoms with van der Waals surface area (Å²) < 4.78 is 34.0. The summed E-state index contributed by atoms with van der Waals surface area (Å²) in [5, 5.41) is 119. The molecule has 3 rings (SSSR count). The zero-order chi connectivity index (χ0) is 52.0. The highest BCUT2D eigenvalue weighted by Crippen LogP contribution is 2.33. The van der Waals surface area contributed by atoms with Crippen molar-refractivity contribution in [2.24, 2.45) is 0 Å². The first-order valence-corrected chi connectivity index (χ1v) is 27.8. The second kappa shape index (κ2) is 37.5. The Labute approximate surface area is 423 Å². The first-order chi connectivity index (χ1) is 34.3. The van der Waals surface area contributed by atoms with Crippen LogP contribution in [0.3, 0.4) is 0 Å². The van der Waals surface area contributed by atoms with Crippen molar-refractivity contribution in [1.82, 2.24) is 5.32 Å². The molecule has 3 saturated heterocycles. The van der Waals surface area contributed by atoms with Crippen LogP contribution in [-0.4, -0.2) is 193 Å². The molecule has 3 fully saturated rings. The number of unbranched alkanes of at least 4 members (excludes halogenated alkanes) is 24. The van der Waals surface area contributed by atoms with E-state index < -0.39 is 124 Å². The van der Waals surface area contributed by atoms with Crippen LogP contribution in [0.2, 0.25) is 0 Å². The van der Waals surface area contributed by atoms with E-state index in [-0.39, 0.29) is 18.9 Å². The van der Waals surface area contributed by atoms with Crippen LogP contribution in [-0.2, 0) is 33.2 Å². The molecule has 19 heteroatoms. The van der Waals surface area contributed by atoms with Crippen molar-refractivity contribution in [3.8, 4) is 0 Å². The number of hydrogen-bond donors (Lipinski definition) is 12. The molecular formula is C52H99NO18. The first kappa shape index (κ1) is 64.1. The topological polar surface area (TPSA) is 307 Å². The van der Waals surface area contributed by atoms with Gasteiger partial charge in [0.2, 0.25) is 5.91 Å². The highest BCUT2D eigenvalue weighted by molar-refractivity contribution is 5.76. The van der Waals surface area contributed by atoms with Gasteiger partial charge >= 0.3 is 0 Å². The maximum Gasteiger partial charge on any atom is 0.220 e. The Morgan fingerprint density at radius 1 is 0.451 bits per heavy atom. The highest BCUT2D eigenvalue weighted by Gasteiger charge is 2.53. The summed E-state index contributed by atoms with van der Waals surface area (Å²) in [6, 6.07) is -0.876. The lowest BCUT2D eigenvalue weighted by atomic mass is 9.96. The first-order valence-electron chi connectivity index (χ1n) is 27.8.